The normalized spacial score (nSPS) is 10.7. The van der Waals surface area contributed by atoms with Crippen molar-refractivity contribution >= 4 is 22.8 Å². The Morgan fingerprint density at radius 3 is 2.85 bits per heavy atom. The van der Waals surface area contributed by atoms with Crippen molar-refractivity contribution in [2.24, 2.45) is 0 Å². The van der Waals surface area contributed by atoms with Crippen LogP contribution in [0.15, 0.2) is 40.9 Å². The maximum atomic E-state index is 12.4. The SMILES string of the molecule is Cc1nc2c(C(=O)Nc3ncccc3C)cccc2o1. The van der Waals surface area contributed by atoms with E-state index in [-0.39, 0.29) is 5.91 Å². The highest BCUT2D eigenvalue weighted by molar-refractivity contribution is 6.11. The van der Waals surface area contributed by atoms with Gasteiger partial charge in [0.1, 0.15) is 11.3 Å². The summed E-state index contributed by atoms with van der Waals surface area (Å²) >= 11 is 0. The van der Waals surface area contributed by atoms with Crippen molar-refractivity contribution in [3.63, 3.8) is 0 Å². The number of amides is 1. The van der Waals surface area contributed by atoms with Crippen molar-refractivity contribution in [2.45, 2.75) is 13.8 Å². The lowest BCUT2D eigenvalue weighted by Gasteiger charge is -2.06. The number of oxazole rings is 1. The van der Waals surface area contributed by atoms with E-state index < -0.39 is 0 Å². The molecule has 0 fully saturated rings. The second kappa shape index (κ2) is 4.77. The first kappa shape index (κ1) is 12.3. The first-order valence-corrected chi connectivity index (χ1v) is 6.24. The molecule has 1 aromatic carbocycles. The quantitative estimate of drug-likeness (QED) is 0.774. The topological polar surface area (TPSA) is 68.0 Å². The maximum absolute atomic E-state index is 12.4. The van der Waals surface area contributed by atoms with E-state index in [0.717, 1.165) is 5.56 Å². The van der Waals surface area contributed by atoms with E-state index in [1.165, 1.54) is 0 Å². The maximum Gasteiger partial charge on any atom is 0.259 e. The van der Waals surface area contributed by atoms with Crippen LogP contribution in [0.2, 0.25) is 0 Å². The molecule has 3 rings (SSSR count). The summed E-state index contributed by atoms with van der Waals surface area (Å²) in [6.07, 6.45) is 1.64. The van der Waals surface area contributed by atoms with Crippen LogP contribution in [0.25, 0.3) is 11.1 Å². The summed E-state index contributed by atoms with van der Waals surface area (Å²) in [6, 6.07) is 9.00. The highest BCUT2D eigenvalue weighted by atomic mass is 16.3. The zero-order chi connectivity index (χ0) is 14.1. The molecule has 1 amide bonds. The number of carbonyl (C=O) groups is 1. The first-order valence-electron chi connectivity index (χ1n) is 6.24. The number of carbonyl (C=O) groups excluding carboxylic acids is 1. The van der Waals surface area contributed by atoms with Gasteiger partial charge in [0.25, 0.3) is 5.91 Å². The van der Waals surface area contributed by atoms with Crippen LogP contribution in [0, 0.1) is 13.8 Å². The molecule has 0 aliphatic rings. The van der Waals surface area contributed by atoms with Crippen molar-refractivity contribution in [2.75, 3.05) is 5.32 Å². The third-order valence-electron chi connectivity index (χ3n) is 3.01. The van der Waals surface area contributed by atoms with Gasteiger partial charge in [-0.2, -0.15) is 0 Å². The van der Waals surface area contributed by atoms with Crippen LogP contribution in [0.3, 0.4) is 0 Å². The molecule has 0 saturated carbocycles. The van der Waals surface area contributed by atoms with E-state index in [9.17, 15) is 4.79 Å². The van der Waals surface area contributed by atoms with E-state index >= 15 is 0 Å². The molecule has 3 aromatic rings. The fourth-order valence-corrected chi connectivity index (χ4v) is 2.03. The molecule has 0 spiro atoms. The van der Waals surface area contributed by atoms with Gasteiger partial charge in [0.15, 0.2) is 11.5 Å². The molecule has 0 atom stereocenters. The summed E-state index contributed by atoms with van der Waals surface area (Å²) in [6.45, 7) is 3.65. The Hall–Kier alpha value is -2.69. The predicted molar refractivity (Wildman–Crippen MR) is 75.7 cm³/mol. The van der Waals surface area contributed by atoms with E-state index in [4.69, 9.17) is 4.42 Å². The minimum Gasteiger partial charge on any atom is -0.441 e. The number of anilines is 1. The van der Waals surface area contributed by atoms with Crippen molar-refractivity contribution in [1.82, 2.24) is 9.97 Å². The Morgan fingerprint density at radius 1 is 1.20 bits per heavy atom. The average molecular weight is 267 g/mol. The van der Waals surface area contributed by atoms with E-state index in [0.29, 0.717) is 28.4 Å². The average Bonchev–Trinajstić information content (AvgIpc) is 2.81. The fourth-order valence-electron chi connectivity index (χ4n) is 2.03. The van der Waals surface area contributed by atoms with Crippen LogP contribution in [0.1, 0.15) is 21.8 Å². The molecule has 20 heavy (non-hydrogen) atoms. The Balaban J connectivity index is 1.99. The van der Waals surface area contributed by atoms with Crippen molar-refractivity contribution in [1.29, 1.82) is 0 Å². The third kappa shape index (κ3) is 2.14. The van der Waals surface area contributed by atoms with Gasteiger partial charge in [-0.15, -0.1) is 0 Å². The minimum absolute atomic E-state index is 0.245. The van der Waals surface area contributed by atoms with E-state index in [1.807, 2.05) is 19.1 Å². The Morgan fingerprint density at radius 2 is 2.05 bits per heavy atom. The molecular weight excluding hydrogens is 254 g/mol. The summed E-state index contributed by atoms with van der Waals surface area (Å²) in [4.78, 5) is 20.8. The van der Waals surface area contributed by atoms with Gasteiger partial charge in [0.2, 0.25) is 0 Å². The van der Waals surface area contributed by atoms with Gasteiger partial charge in [-0.25, -0.2) is 9.97 Å². The Bertz CT molecular complexity index is 793. The number of fused-ring (bicyclic) bond motifs is 1. The van der Waals surface area contributed by atoms with Crippen molar-refractivity contribution in [3.05, 3.63) is 53.5 Å². The highest BCUT2D eigenvalue weighted by Gasteiger charge is 2.15. The van der Waals surface area contributed by atoms with Crippen LogP contribution in [0.5, 0.6) is 0 Å². The first-order chi connectivity index (χ1) is 9.65. The number of rotatable bonds is 2. The molecule has 5 nitrogen and oxygen atoms in total. The van der Waals surface area contributed by atoms with Gasteiger partial charge >= 0.3 is 0 Å². The van der Waals surface area contributed by atoms with Crippen LogP contribution in [-0.4, -0.2) is 15.9 Å². The number of pyridine rings is 1. The number of hydrogen-bond donors (Lipinski definition) is 1. The molecule has 0 bridgehead atoms. The lowest BCUT2D eigenvalue weighted by Crippen LogP contribution is -2.14. The molecule has 0 aliphatic heterocycles. The third-order valence-corrected chi connectivity index (χ3v) is 3.01. The van der Waals surface area contributed by atoms with Crippen molar-refractivity contribution < 1.29 is 9.21 Å². The number of hydrogen-bond acceptors (Lipinski definition) is 4. The second-order valence-electron chi connectivity index (χ2n) is 4.51. The molecule has 2 aromatic heterocycles. The Kier molecular flexibility index (Phi) is 2.95. The standard InChI is InChI=1S/C15H13N3O2/c1-9-5-4-8-16-14(9)18-15(19)11-6-3-7-12-13(11)17-10(2)20-12/h3-8H,1-2H3,(H,16,18,19). The summed E-state index contributed by atoms with van der Waals surface area (Å²) in [5.74, 6) is 0.842. The molecule has 0 saturated heterocycles. The molecule has 1 N–H and O–H groups in total. The highest BCUT2D eigenvalue weighted by Crippen LogP contribution is 2.20. The van der Waals surface area contributed by atoms with Gasteiger partial charge in [0, 0.05) is 13.1 Å². The van der Waals surface area contributed by atoms with Crippen LogP contribution >= 0.6 is 0 Å². The zero-order valence-corrected chi connectivity index (χ0v) is 11.2. The fraction of sp³-hybridized carbons (Fsp3) is 0.133. The molecule has 100 valence electrons. The molecule has 0 aliphatic carbocycles. The number of nitrogens with zero attached hydrogens (tertiary/aromatic N) is 2. The summed E-state index contributed by atoms with van der Waals surface area (Å²) in [7, 11) is 0. The van der Waals surface area contributed by atoms with Gasteiger partial charge < -0.3 is 9.73 Å². The lowest BCUT2D eigenvalue weighted by molar-refractivity contribution is 0.102. The zero-order valence-electron chi connectivity index (χ0n) is 11.2. The molecule has 2 heterocycles. The monoisotopic (exact) mass is 267 g/mol. The second-order valence-corrected chi connectivity index (χ2v) is 4.51. The number of benzene rings is 1. The van der Waals surface area contributed by atoms with Crippen molar-refractivity contribution in [3.8, 4) is 0 Å². The number of para-hydroxylation sites is 1. The summed E-state index contributed by atoms with van der Waals surface area (Å²) < 4.78 is 5.43. The van der Waals surface area contributed by atoms with E-state index in [1.54, 1.807) is 31.3 Å². The van der Waals surface area contributed by atoms with E-state index in [2.05, 4.69) is 15.3 Å². The van der Waals surface area contributed by atoms with Gasteiger partial charge in [0.05, 0.1) is 5.56 Å². The summed E-state index contributed by atoms with van der Waals surface area (Å²) in [5, 5.41) is 2.80. The van der Waals surface area contributed by atoms with Crippen LogP contribution < -0.4 is 5.32 Å². The predicted octanol–water partition coefficient (Wildman–Crippen LogP) is 3.09. The smallest absolute Gasteiger partial charge is 0.259 e. The lowest BCUT2D eigenvalue weighted by atomic mass is 10.1. The number of aromatic nitrogens is 2. The number of aryl methyl sites for hydroxylation is 2. The van der Waals surface area contributed by atoms with Gasteiger partial charge in [-0.1, -0.05) is 12.1 Å². The largest absolute Gasteiger partial charge is 0.441 e. The van der Waals surface area contributed by atoms with Gasteiger partial charge in [-0.05, 0) is 30.7 Å². The molecule has 0 radical (unpaired) electrons. The molecule has 5 heteroatoms. The van der Waals surface area contributed by atoms with Crippen LogP contribution in [-0.2, 0) is 0 Å². The Labute approximate surface area is 115 Å². The minimum atomic E-state index is -0.245. The van der Waals surface area contributed by atoms with Crippen LogP contribution in [0.4, 0.5) is 5.82 Å². The van der Waals surface area contributed by atoms with Gasteiger partial charge in [-0.3, -0.25) is 4.79 Å². The number of nitrogens with one attached hydrogen (secondary N) is 1. The molecular formula is C15H13N3O2. The summed E-state index contributed by atoms with van der Waals surface area (Å²) in [5.41, 5.74) is 2.55. The molecule has 0 unspecified atom stereocenters.